The molecule has 1 aliphatic heterocycles. The van der Waals surface area contributed by atoms with Crippen molar-refractivity contribution in [2.75, 3.05) is 6.54 Å². The molecule has 0 unspecified atom stereocenters. The van der Waals surface area contributed by atoms with Crippen LogP contribution in [0.15, 0.2) is 48.6 Å². The van der Waals surface area contributed by atoms with Gasteiger partial charge in [0.15, 0.2) is 0 Å². The molecule has 0 bridgehead atoms. The van der Waals surface area contributed by atoms with Crippen molar-refractivity contribution in [3.8, 4) is 0 Å². The molecule has 9 heteroatoms. The molecule has 1 saturated heterocycles. The van der Waals surface area contributed by atoms with Gasteiger partial charge in [0.05, 0.1) is 29.2 Å². The number of aromatic nitrogens is 4. The monoisotopic (exact) mass is 437 g/mol. The predicted molar refractivity (Wildman–Crippen MR) is 115 cm³/mol. The quantitative estimate of drug-likeness (QED) is 0.364. The summed E-state index contributed by atoms with van der Waals surface area (Å²) in [5, 5.41) is 15.5. The molecule has 3 heterocycles. The number of nitrogens with zero attached hydrogens (tertiary/aromatic N) is 5. The molecule has 1 amide bonds. The number of imidazole rings is 1. The number of carbonyl (C=O) groups excluding carboxylic acids is 2. The van der Waals surface area contributed by atoms with E-state index in [1.165, 1.54) is 17.0 Å². The zero-order valence-corrected chi connectivity index (χ0v) is 18.1. The molecule has 1 aliphatic rings. The number of likely N-dealkylation sites (tertiary alicyclic amines) is 1. The number of aryl methyl sites for hydroxylation is 3. The van der Waals surface area contributed by atoms with E-state index in [-0.39, 0.29) is 23.4 Å². The van der Waals surface area contributed by atoms with Crippen LogP contribution in [0, 0.1) is 19.7 Å². The Labute approximate surface area is 184 Å². The van der Waals surface area contributed by atoms with Gasteiger partial charge in [-0.2, -0.15) is 5.10 Å². The van der Waals surface area contributed by atoms with Crippen LogP contribution in [0.1, 0.15) is 35.0 Å². The summed E-state index contributed by atoms with van der Waals surface area (Å²) in [6.07, 6.45) is 5.65. The van der Waals surface area contributed by atoms with E-state index in [9.17, 15) is 19.1 Å². The fourth-order valence-corrected chi connectivity index (χ4v) is 4.22. The molecule has 3 aromatic rings. The third-order valence-electron chi connectivity index (χ3n) is 5.86. The van der Waals surface area contributed by atoms with Crippen LogP contribution in [0.2, 0.25) is 0 Å². The number of hydrogen-bond donors (Lipinski definition) is 1. The number of aliphatic hydroxyl groups excluding tert-OH is 1. The second kappa shape index (κ2) is 8.41. The van der Waals surface area contributed by atoms with Gasteiger partial charge in [0.25, 0.3) is 11.7 Å². The highest BCUT2D eigenvalue weighted by Crippen LogP contribution is 2.41. The molecule has 0 aliphatic carbocycles. The summed E-state index contributed by atoms with van der Waals surface area (Å²) in [5.41, 5.74) is 1.57. The lowest BCUT2D eigenvalue weighted by molar-refractivity contribution is -0.140. The summed E-state index contributed by atoms with van der Waals surface area (Å²) < 4.78 is 18.3. The minimum absolute atomic E-state index is 0.123. The first-order valence-corrected chi connectivity index (χ1v) is 10.3. The van der Waals surface area contributed by atoms with Crippen LogP contribution in [0.5, 0.6) is 0 Å². The third kappa shape index (κ3) is 3.59. The SMILES string of the molecule is Cc1nn(C)c(C)c1C(O)=C1C(=O)C(=O)N(CCCn2ccnc2)[C@@H]1c1ccccc1F. The largest absolute Gasteiger partial charge is 0.507 e. The number of halogens is 1. The Balaban J connectivity index is 1.80. The molecule has 32 heavy (non-hydrogen) atoms. The van der Waals surface area contributed by atoms with Crippen molar-refractivity contribution in [2.45, 2.75) is 32.9 Å². The van der Waals surface area contributed by atoms with Crippen LogP contribution in [0.4, 0.5) is 4.39 Å². The maximum absolute atomic E-state index is 14.8. The predicted octanol–water partition coefficient (Wildman–Crippen LogP) is 2.88. The average Bonchev–Trinajstić information content (AvgIpc) is 3.42. The van der Waals surface area contributed by atoms with Gasteiger partial charge in [0, 0.05) is 43.8 Å². The van der Waals surface area contributed by atoms with Crippen LogP contribution in [-0.2, 0) is 23.2 Å². The van der Waals surface area contributed by atoms with Crippen molar-refractivity contribution in [3.05, 3.63) is 76.9 Å². The van der Waals surface area contributed by atoms with Crippen molar-refractivity contribution in [1.82, 2.24) is 24.2 Å². The van der Waals surface area contributed by atoms with E-state index >= 15 is 0 Å². The Morgan fingerprint density at radius 3 is 2.56 bits per heavy atom. The number of benzene rings is 1. The van der Waals surface area contributed by atoms with Gasteiger partial charge in [-0.25, -0.2) is 9.37 Å². The second-order valence-corrected chi connectivity index (χ2v) is 7.84. The van der Waals surface area contributed by atoms with Gasteiger partial charge >= 0.3 is 0 Å². The molecular formula is C23H24FN5O3. The summed E-state index contributed by atoms with van der Waals surface area (Å²) >= 11 is 0. The van der Waals surface area contributed by atoms with Crippen LogP contribution in [0.3, 0.4) is 0 Å². The van der Waals surface area contributed by atoms with E-state index in [4.69, 9.17) is 0 Å². The van der Waals surface area contributed by atoms with Gasteiger partial charge in [0.1, 0.15) is 11.6 Å². The zero-order chi connectivity index (χ0) is 23.0. The number of aliphatic hydroxyl groups is 1. The number of ketones is 1. The van der Waals surface area contributed by atoms with Crippen LogP contribution in [0.25, 0.3) is 5.76 Å². The highest BCUT2D eigenvalue weighted by molar-refractivity contribution is 6.46. The number of rotatable bonds is 6. The summed E-state index contributed by atoms with van der Waals surface area (Å²) in [5.74, 6) is -2.48. The Hall–Kier alpha value is -3.75. The van der Waals surface area contributed by atoms with Crippen molar-refractivity contribution in [3.63, 3.8) is 0 Å². The smallest absolute Gasteiger partial charge is 0.295 e. The maximum Gasteiger partial charge on any atom is 0.295 e. The highest BCUT2D eigenvalue weighted by atomic mass is 19.1. The van der Waals surface area contributed by atoms with E-state index in [0.717, 1.165) is 0 Å². The maximum atomic E-state index is 14.8. The number of Topliss-reactive ketones (excluding diaryl/α,β-unsaturated/α-hetero) is 1. The molecule has 2 aromatic heterocycles. The fraction of sp³-hybridized carbons (Fsp3) is 0.304. The first-order valence-electron chi connectivity index (χ1n) is 10.3. The standard InChI is InChI=1S/C23H24FN5O3/c1-14-18(15(2)27(3)26-14)21(30)19-20(16-7-4-5-8-17(16)24)29(23(32)22(19)31)11-6-10-28-12-9-25-13-28/h4-5,7-9,12-13,20,30H,6,10-11H2,1-3H3/t20-/m1/s1. The first-order chi connectivity index (χ1) is 15.3. The molecule has 1 fully saturated rings. The van der Waals surface area contributed by atoms with Gasteiger partial charge in [-0.05, 0) is 26.3 Å². The topological polar surface area (TPSA) is 93.2 Å². The van der Waals surface area contributed by atoms with E-state index < -0.39 is 23.5 Å². The molecule has 1 atom stereocenters. The molecule has 8 nitrogen and oxygen atoms in total. The molecule has 0 saturated carbocycles. The van der Waals surface area contributed by atoms with Gasteiger partial charge in [-0.15, -0.1) is 0 Å². The van der Waals surface area contributed by atoms with E-state index in [1.54, 1.807) is 56.4 Å². The summed E-state index contributed by atoms with van der Waals surface area (Å²) in [7, 11) is 1.72. The van der Waals surface area contributed by atoms with Crippen molar-refractivity contribution in [1.29, 1.82) is 0 Å². The summed E-state index contributed by atoms with van der Waals surface area (Å²) in [6.45, 7) is 4.26. The van der Waals surface area contributed by atoms with Crippen molar-refractivity contribution >= 4 is 17.4 Å². The molecule has 1 aromatic carbocycles. The molecule has 4 rings (SSSR count). The lowest BCUT2D eigenvalue weighted by atomic mass is 9.94. The van der Waals surface area contributed by atoms with Gasteiger partial charge < -0.3 is 14.6 Å². The molecule has 0 radical (unpaired) electrons. The second-order valence-electron chi connectivity index (χ2n) is 7.84. The van der Waals surface area contributed by atoms with Crippen LogP contribution < -0.4 is 0 Å². The van der Waals surface area contributed by atoms with Gasteiger partial charge in [0.2, 0.25) is 0 Å². The van der Waals surface area contributed by atoms with Gasteiger partial charge in [-0.1, -0.05) is 18.2 Å². The lowest BCUT2D eigenvalue weighted by Gasteiger charge is -2.25. The number of carbonyl (C=O) groups is 2. The van der Waals surface area contributed by atoms with Crippen molar-refractivity contribution < 1.29 is 19.1 Å². The van der Waals surface area contributed by atoms with E-state index in [1.807, 2.05) is 4.57 Å². The molecular weight excluding hydrogens is 413 g/mol. The first kappa shape index (κ1) is 21.5. The number of hydrogen-bond acceptors (Lipinski definition) is 5. The minimum Gasteiger partial charge on any atom is -0.507 e. The minimum atomic E-state index is -1.03. The zero-order valence-electron chi connectivity index (χ0n) is 18.1. The normalized spacial score (nSPS) is 18.0. The third-order valence-corrected chi connectivity index (χ3v) is 5.86. The Bertz CT molecular complexity index is 1210. The molecule has 166 valence electrons. The average molecular weight is 437 g/mol. The summed E-state index contributed by atoms with van der Waals surface area (Å²) in [4.78, 5) is 31.4. The van der Waals surface area contributed by atoms with E-state index in [0.29, 0.717) is 29.9 Å². The Morgan fingerprint density at radius 1 is 1.19 bits per heavy atom. The highest BCUT2D eigenvalue weighted by Gasteiger charge is 2.47. The molecule has 1 N–H and O–H groups in total. The summed E-state index contributed by atoms with van der Waals surface area (Å²) in [6, 6.07) is 4.97. The fourth-order valence-electron chi connectivity index (χ4n) is 4.22. The van der Waals surface area contributed by atoms with Crippen molar-refractivity contribution in [2.24, 2.45) is 7.05 Å². The lowest BCUT2D eigenvalue weighted by Crippen LogP contribution is -2.31. The van der Waals surface area contributed by atoms with Gasteiger partial charge in [-0.3, -0.25) is 14.3 Å². The Morgan fingerprint density at radius 2 is 1.94 bits per heavy atom. The number of amides is 1. The van der Waals surface area contributed by atoms with Crippen LogP contribution >= 0.6 is 0 Å². The Kier molecular flexibility index (Phi) is 5.65. The molecule has 0 spiro atoms. The van der Waals surface area contributed by atoms with E-state index in [2.05, 4.69) is 10.1 Å². The van der Waals surface area contributed by atoms with Crippen LogP contribution in [-0.4, -0.2) is 47.6 Å².